The lowest BCUT2D eigenvalue weighted by Gasteiger charge is -2.11. The first-order valence-electron chi connectivity index (χ1n) is 9.59. The molecule has 4 rings (SSSR count). The van der Waals surface area contributed by atoms with E-state index in [9.17, 15) is 9.59 Å². The maximum Gasteiger partial charge on any atom is 0.305 e. The number of hydrogen-bond acceptors (Lipinski definition) is 6. The number of benzene rings is 2. The van der Waals surface area contributed by atoms with Gasteiger partial charge in [-0.25, -0.2) is 0 Å². The van der Waals surface area contributed by atoms with Crippen LogP contribution in [0, 0.1) is 0 Å². The van der Waals surface area contributed by atoms with Crippen molar-refractivity contribution in [3.8, 4) is 11.4 Å². The van der Waals surface area contributed by atoms with E-state index in [-0.39, 0.29) is 11.5 Å². The molecule has 0 bridgehead atoms. The third kappa shape index (κ3) is 5.37. The van der Waals surface area contributed by atoms with Gasteiger partial charge in [0.05, 0.1) is 18.6 Å². The number of thioether (sulfide) groups is 1. The van der Waals surface area contributed by atoms with E-state index in [1.165, 1.54) is 24.1 Å². The second kappa shape index (κ2) is 10.2. The molecule has 0 unspecified atom stereocenters. The van der Waals surface area contributed by atoms with E-state index in [0.29, 0.717) is 22.5 Å². The molecule has 0 aliphatic rings. The van der Waals surface area contributed by atoms with E-state index in [1.54, 1.807) is 18.2 Å². The molecule has 0 aliphatic heterocycles. The van der Waals surface area contributed by atoms with Gasteiger partial charge in [0.25, 0.3) is 0 Å². The first-order valence-corrected chi connectivity index (χ1v) is 10.9. The van der Waals surface area contributed by atoms with Gasteiger partial charge in [-0.3, -0.25) is 25.0 Å². The van der Waals surface area contributed by atoms with Crippen LogP contribution in [-0.2, 0) is 11.3 Å². The number of amides is 2. The number of furan rings is 1. The molecule has 0 fully saturated rings. The van der Waals surface area contributed by atoms with E-state index in [4.69, 9.17) is 16.0 Å². The summed E-state index contributed by atoms with van der Waals surface area (Å²) in [6, 6.07) is 20.3. The van der Waals surface area contributed by atoms with E-state index < -0.39 is 11.8 Å². The zero-order valence-corrected chi connectivity index (χ0v) is 18.3. The van der Waals surface area contributed by atoms with Crippen LogP contribution < -0.4 is 10.9 Å². The first-order chi connectivity index (χ1) is 15.6. The smallest absolute Gasteiger partial charge is 0.305 e. The number of aromatic nitrogens is 3. The zero-order chi connectivity index (χ0) is 22.3. The van der Waals surface area contributed by atoms with Gasteiger partial charge in [-0.05, 0) is 42.0 Å². The molecule has 4 aromatic rings. The van der Waals surface area contributed by atoms with Crippen molar-refractivity contribution in [2.45, 2.75) is 11.7 Å². The minimum atomic E-state index is -0.536. The van der Waals surface area contributed by atoms with Crippen LogP contribution in [0.2, 0.25) is 5.02 Å². The molecule has 0 aliphatic carbocycles. The molecule has 0 spiro atoms. The Morgan fingerprint density at radius 2 is 1.75 bits per heavy atom. The lowest BCUT2D eigenvalue weighted by atomic mass is 10.2. The highest BCUT2D eigenvalue weighted by Gasteiger charge is 2.17. The minimum absolute atomic E-state index is 0.0337. The van der Waals surface area contributed by atoms with Crippen molar-refractivity contribution >= 4 is 35.2 Å². The average molecular weight is 468 g/mol. The Kier molecular flexibility index (Phi) is 6.88. The summed E-state index contributed by atoms with van der Waals surface area (Å²) in [6.45, 7) is 0.533. The lowest BCUT2D eigenvalue weighted by molar-refractivity contribution is -0.119. The van der Waals surface area contributed by atoms with E-state index >= 15 is 0 Å². The van der Waals surface area contributed by atoms with Gasteiger partial charge in [-0.1, -0.05) is 53.7 Å². The van der Waals surface area contributed by atoms with Crippen molar-refractivity contribution in [2.24, 2.45) is 0 Å². The highest BCUT2D eigenvalue weighted by atomic mass is 35.5. The Hall–Kier alpha value is -3.56. The predicted molar refractivity (Wildman–Crippen MR) is 121 cm³/mol. The summed E-state index contributed by atoms with van der Waals surface area (Å²) in [5.41, 5.74) is 6.60. The van der Waals surface area contributed by atoms with E-state index in [2.05, 4.69) is 21.0 Å². The third-order valence-corrected chi connectivity index (χ3v) is 5.61. The molecule has 162 valence electrons. The summed E-state index contributed by atoms with van der Waals surface area (Å²) in [4.78, 5) is 24.1. The number of carbonyl (C=O) groups is 2. The Morgan fingerprint density at radius 1 is 0.969 bits per heavy atom. The molecule has 8 nitrogen and oxygen atoms in total. The number of halogens is 1. The second-order valence-electron chi connectivity index (χ2n) is 6.65. The van der Waals surface area contributed by atoms with Crippen LogP contribution in [0.3, 0.4) is 0 Å². The topological polar surface area (TPSA) is 102 Å². The van der Waals surface area contributed by atoms with Crippen molar-refractivity contribution in [1.29, 1.82) is 0 Å². The lowest BCUT2D eigenvalue weighted by Crippen LogP contribution is -2.42. The van der Waals surface area contributed by atoms with Crippen molar-refractivity contribution in [3.63, 3.8) is 0 Å². The molecule has 2 aromatic heterocycles. The molecule has 2 N–H and O–H groups in total. The number of hydrazine groups is 1. The Balaban J connectivity index is 1.47. The van der Waals surface area contributed by atoms with E-state index in [0.717, 1.165) is 11.1 Å². The van der Waals surface area contributed by atoms with Gasteiger partial charge in [-0.2, -0.15) is 0 Å². The number of carbonyl (C=O) groups excluding carboxylic acids is 2. The molecular formula is C22H18ClN5O3S. The van der Waals surface area contributed by atoms with Gasteiger partial charge in [0, 0.05) is 10.6 Å². The summed E-state index contributed by atoms with van der Waals surface area (Å²) in [5.74, 6) is -0.123. The van der Waals surface area contributed by atoms with Crippen LogP contribution in [0.5, 0.6) is 0 Å². The molecule has 32 heavy (non-hydrogen) atoms. The predicted octanol–water partition coefficient (Wildman–Crippen LogP) is 3.79. The molecule has 0 saturated heterocycles. The first kappa shape index (κ1) is 21.7. The van der Waals surface area contributed by atoms with Crippen molar-refractivity contribution in [1.82, 2.24) is 25.6 Å². The molecule has 0 atom stereocenters. The van der Waals surface area contributed by atoms with Crippen LogP contribution in [0.1, 0.15) is 16.1 Å². The fourth-order valence-electron chi connectivity index (χ4n) is 2.88. The van der Waals surface area contributed by atoms with E-state index in [1.807, 2.05) is 47.0 Å². The summed E-state index contributed by atoms with van der Waals surface area (Å²) in [7, 11) is 0. The summed E-state index contributed by atoms with van der Waals surface area (Å²) in [6.07, 6.45) is 1.38. The second-order valence-corrected chi connectivity index (χ2v) is 8.03. The van der Waals surface area contributed by atoms with Gasteiger partial charge in [0.2, 0.25) is 5.91 Å². The van der Waals surface area contributed by atoms with Gasteiger partial charge < -0.3 is 4.42 Å². The van der Waals surface area contributed by atoms with Crippen LogP contribution in [0.4, 0.5) is 0 Å². The van der Waals surface area contributed by atoms with Gasteiger partial charge in [-0.15, -0.1) is 10.2 Å². The maximum absolute atomic E-state index is 12.2. The zero-order valence-electron chi connectivity index (χ0n) is 16.7. The monoisotopic (exact) mass is 467 g/mol. The normalized spacial score (nSPS) is 10.7. The Labute approximate surface area is 193 Å². The van der Waals surface area contributed by atoms with Gasteiger partial charge in [0.15, 0.2) is 16.7 Å². The quantitative estimate of drug-likeness (QED) is 0.316. The highest BCUT2D eigenvalue weighted by Crippen LogP contribution is 2.26. The number of hydrogen-bond donors (Lipinski definition) is 2. The average Bonchev–Trinajstić information content (AvgIpc) is 3.48. The van der Waals surface area contributed by atoms with Crippen LogP contribution in [0.25, 0.3) is 11.4 Å². The Bertz CT molecular complexity index is 1190. The fraction of sp³-hybridized carbons (Fsp3) is 0.0909. The molecule has 2 aromatic carbocycles. The van der Waals surface area contributed by atoms with Crippen molar-refractivity contribution in [3.05, 3.63) is 89.3 Å². The number of nitrogens with zero attached hydrogens (tertiary/aromatic N) is 3. The molecule has 10 heteroatoms. The summed E-state index contributed by atoms with van der Waals surface area (Å²) < 4.78 is 6.93. The number of nitrogens with one attached hydrogen (secondary N) is 2. The third-order valence-electron chi connectivity index (χ3n) is 4.40. The van der Waals surface area contributed by atoms with Crippen LogP contribution in [0.15, 0.2) is 82.6 Å². The highest BCUT2D eigenvalue weighted by molar-refractivity contribution is 7.99. The Morgan fingerprint density at radius 3 is 2.47 bits per heavy atom. The maximum atomic E-state index is 12.2. The van der Waals surface area contributed by atoms with Crippen LogP contribution in [-0.4, -0.2) is 32.3 Å². The largest absolute Gasteiger partial charge is 0.459 e. The molecule has 2 amide bonds. The number of rotatable bonds is 7. The molecule has 2 heterocycles. The summed E-state index contributed by atoms with van der Waals surface area (Å²) >= 11 is 7.23. The SMILES string of the molecule is O=C(CSc1nnc(-c2ccc(Cl)cc2)n1Cc1ccccc1)NNC(=O)c1ccco1. The summed E-state index contributed by atoms with van der Waals surface area (Å²) in [5, 5.41) is 9.82. The van der Waals surface area contributed by atoms with Crippen molar-refractivity contribution in [2.75, 3.05) is 5.75 Å². The van der Waals surface area contributed by atoms with Crippen molar-refractivity contribution < 1.29 is 14.0 Å². The molecule has 0 saturated carbocycles. The standard InChI is InChI=1S/C22H18ClN5O3S/c23-17-10-8-16(9-11-17)20-25-27-22(28(20)13-15-5-2-1-3-6-15)32-14-19(29)24-26-21(30)18-7-4-12-31-18/h1-12H,13-14H2,(H,24,29)(H,26,30). The van der Waals surface area contributed by atoms with Gasteiger partial charge in [0.1, 0.15) is 0 Å². The van der Waals surface area contributed by atoms with Gasteiger partial charge >= 0.3 is 5.91 Å². The minimum Gasteiger partial charge on any atom is -0.459 e. The molecule has 0 radical (unpaired) electrons. The fourth-order valence-corrected chi connectivity index (χ4v) is 3.74. The molecular weight excluding hydrogens is 450 g/mol. The van der Waals surface area contributed by atoms with Crippen LogP contribution >= 0.6 is 23.4 Å².